The fourth-order valence-electron chi connectivity index (χ4n) is 4.00. The van der Waals surface area contributed by atoms with Crippen LogP contribution >= 0.6 is 0 Å². The number of unbranched alkanes of at least 4 members (excludes halogenated alkanes) is 3. The molecule has 1 N–H and O–H groups in total. The van der Waals surface area contributed by atoms with Crippen molar-refractivity contribution in [1.82, 2.24) is 0 Å². The molecule has 0 saturated heterocycles. The quantitative estimate of drug-likeness (QED) is 0.434. The summed E-state index contributed by atoms with van der Waals surface area (Å²) in [6.45, 7) is 2.16. The minimum Gasteiger partial charge on any atom is -0.389 e. The van der Waals surface area contributed by atoms with E-state index >= 15 is 0 Å². The Kier molecular flexibility index (Phi) is 9.28. The molecule has 0 heterocycles. The van der Waals surface area contributed by atoms with Crippen molar-refractivity contribution >= 4 is 5.78 Å². The van der Waals surface area contributed by atoms with Gasteiger partial charge in [-0.1, -0.05) is 62.6 Å². The number of benzene rings is 1. The van der Waals surface area contributed by atoms with E-state index in [1.165, 1.54) is 11.1 Å². The highest BCUT2D eigenvalue weighted by atomic mass is 16.3. The average molecular weight is 368 g/mol. The third-order valence-electron chi connectivity index (χ3n) is 5.63. The van der Waals surface area contributed by atoms with E-state index in [0.29, 0.717) is 18.6 Å². The van der Waals surface area contributed by atoms with E-state index in [9.17, 15) is 9.90 Å². The van der Waals surface area contributed by atoms with Crippen LogP contribution in [0, 0.1) is 23.2 Å². The number of allylic oxidation sites excluding steroid dienone is 1. The number of aliphatic hydroxyl groups is 1. The van der Waals surface area contributed by atoms with E-state index in [1.54, 1.807) is 0 Å². The molecule has 1 aliphatic rings. The molecule has 0 aliphatic heterocycles. The molecule has 3 atom stereocenters. The minimum atomic E-state index is -0.397. The van der Waals surface area contributed by atoms with Gasteiger partial charge in [-0.05, 0) is 49.1 Å². The summed E-state index contributed by atoms with van der Waals surface area (Å²) in [5.41, 5.74) is 2.49. The SMILES string of the molecule is CCCCC[C@H](O)C=C[C@H]1CCC(=O)[C@@H]1Cc1ccccc1CCCC#N. The highest BCUT2D eigenvalue weighted by molar-refractivity contribution is 5.84. The molecule has 0 bridgehead atoms. The van der Waals surface area contributed by atoms with Crippen LogP contribution in [0.15, 0.2) is 36.4 Å². The lowest BCUT2D eigenvalue weighted by Crippen LogP contribution is -2.17. The average Bonchev–Trinajstić information content (AvgIpc) is 3.01. The van der Waals surface area contributed by atoms with Crippen LogP contribution in [0.2, 0.25) is 0 Å². The summed E-state index contributed by atoms with van der Waals surface area (Å²) in [5.74, 6) is 0.587. The van der Waals surface area contributed by atoms with Gasteiger partial charge in [-0.3, -0.25) is 4.79 Å². The van der Waals surface area contributed by atoms with Crippen molar-refractivity contribution in [2.24, 2.45) is 11.8 Å². The zero-order valence-corrected chi connectivity index (χ0v) is 16.6. The summed E-state index contributed by atoms with van der Waals surface area (Å²) >= 11 is 0. The van der Waals surface area contributed by atoms with Gasteiger partial charge in [0.2, 0.25) is 0 Å². The van der Waals surface area contributed by atoms with E-state index in [-0.39, 0.29) is 11.8 Å². The van der Waals surface area contributed by atoms with Crippen LogP contribution in [-0.2, 0) is 17.6 Å². The second kappa shape index (κ2) is 11.7. The van der Waals surface area contributed by atoms with Crippen LogP contribution in [0.5, 0.6) is 0 Å². The fourth-order valence-corrected chi connectivity index (χ4v) is 4.00. The number of hydrogen-bond donors (Lipinski definition) is 1. The molecular weight excluding hydrogens is 334 g/mol. The molecule has 1 aliphatic carbocycles. The molecule has 1 fully saturated rings. The largest absolute Gasteiger partial charge is 0.389 e. The van der Waals surface area contributed by atoms with Crippen molar-refractivity contribution in [3.63, 3.8) is 0 Å². The van der Waals surface area contributed by atoms with Crippen molar-refractivity contribution in [3.05, 3.63) is 47.5 Å². The highest BCUT2D eigenvalue weighted by Crippen LogP contribution is 2.33. The standard InChI is InChI=1S/C24H33NO2/c1-2-3-4-12-22(26)15-13-20-14-16-24(27)23(20)18-21-11-6-5-9-19(21)10-7-8-17-25/h5-6,9,11,13,15,20,22-23,26H,2-4,7-8,10,12,14,16,18H2,1H3/t20-,22-,23+/m0/s1. The number of rotatable bonds is 11. The Morgan fingerprint density at radius 3 is 2.78 bits per heavy atom. The molecule has 3 heteroatoms. The Balaban J connectivity index is 1.99. The monoisotopic (exact) mass is 367 g/mol. The second-order valence-corrected chi connectivity index (χ2v) is 7.71. The maximum Gasteiger partial charge on any atom is 0.136 e. The normalized spacial score (nSPS) is 20.9. The van der Waals surface area contributed by atoms with Gasteiger partial charge in [0.25, 0.3) is 0 Å². The van der Waals surface area contributed by atoms with Gasteiger partial charge < -0.3 is 5.11 Å². The first-order valence-corrected chi connectivity index (χ1v) is 10.5. The third-order valence-corrected chi connectivity index (χ3v) is 5.63. The van der Waals surface area contributed by atoms with Crippen LogP contribution in [0.4, 0.5) is 0 Å². The molecule has 0 amide bonds. The number of aliphatic hydroxyl groups excluding tert-OH is 1. The highest BCUT2D eigenvalue weighted by Gasteiger charge is 2.33. The van der Waals surface area contributed by atoms with Crippen LogP contribution in [-0.4, -0.2) is 17.0 Å². The second-order valence-electron chi connectivity index (χ2n) is 7.71. The smallest absolute Gasteiger partial charge is 0.136 e. The van der Waals surface area contributed by atoms with Crippen molar-refractivity contribution in [2.75, 3.05) is 0 Å². The van der Waals surface area contributed by atoms with Crippen molar-refractivity contribution in [2.45, 2.75) is 77.2 Å². The fraction of sp³-hybridized carbons (Fsp3) is 0.583. The van der Waals surface area contributed by atoms with E-state index in [4.69, 9.17) is 5.26 Å². The molecule has 0 radical (unpaired) electrons. The van der Waals surface area contributed by atoms with Crippen molar-refractivity contribution < 1.29 is 9.90 Å². The summed E-state index contributed by atoms with van der Waals surface area (Å²) in [5, 5.41) is 18.9. The molecule has 146 valence electrons. The predicted molar refractivity (Wildman–Crippen MR) is 109 cm³/mol. The Morgan fingerprint density at radius 2 is 2.04 bits per heavy atom. The number of carbonyl (C=O) groups is 1. The van der Waals surface area contributed by atoms with Crippen molar-refractivity contribution in [1.29, 1.82) is 5.26 Å². The van der Waals surface area contributed by atoms with Gasteiger partial charge in [0.05, 0.1) is 12.2 Å². The van der Waals surface area contributed by atoms with E-state index in [1.807, 2.05) is 18.2 Å². The molecule has 27 heavy (non-hydrogen) atoms. The lowest BCUT2D eigenvalue weighted by atomic mass is 9.86. The molecule has 2 rings (SSSR count). The Labute approximate surface area is 164 Å². The van der Waals surface area contributed by atoms with Crippen LogP contribution in [0.25, 0.3) is 0 Å². The topological polar surface area (TPSA) is 61.1 Å². The Bertz CT molecular complexity index is 659. The summed E-state index contributed by atoms with van der Waals surface area (Å²) in [6.07, 6.45) is 12.4. The first-order chi connectivity index (χ1) is 13.2. The number of aryl methyl sites for hydroxylation is 1. The zero-order chi connectivity index (χ0) is 19.5. The summed E-state index contributed by atoms with van der Waals surface area (Å²) in [7, 11) is 0. The Morgan fingerprint density at radius 1 is 1.26 bits per heavy atom. The first kappa shape index (κ1) is 21.4. The van der Waals surface area contributed by atoms with E-state index < -0.39 is 6.10 Å². The van der Waals surface area contributed by atoms with Crippen LogP contribution in [0.1, 0.15) is 69.4 Å². The summed E-state index contributed by atoms with van der Waals surface area (Å²) < 4.78 is 0. The number of Topliss-reactive ketones (excluding diaryl/α,β-unsaturated/α-hetero) is 1. The predicted octanol–water partition coefficient (Wildman–Crippen LogP) is 5.17. The van der Waals surface area contributed by atoms with Crippen LogP contribution < -0.4 is 0 Å². The number of nitriles is 1. The van der Waals surface area contributed by atoms with Gasteiger partial charge in [-0.25, -0.2) is 0 Å². The van der Waals surface area contributed by atoms with Gasteiger partial charge in [-0.2, -0.15) is 5.26 Å². The Hall–Kier alpha value is -1.92. The molecule has 1 saturated carbocycles. The lowest BCUT2D eigenvalue weighted by Gasteiger charge is -2.18. The van der Waals surface area contributed by atoms with Gasteiger partial charge in [0.15, 0.2) is 0 Å². The molecular formula is C24H33NO2. The molecule has 0 aromatic heterocycles. The number of nitrogens with zero attached hydrogens (tertiary/aromatic N) is 1. The van der Waals surface area contributed by atoms with Crippen LogP contribution in [0.3, 0.4) is 0 Å². The summed E-state index contributed by atoms with van der Waals surface area (Å²) in [6, 6.07) is 10.5. The van der Waals surface area contributed by atoms with Gasteiger partial charge in [0.1, 0.15) is 5.78 Å². The zero-order valence-electron chi connectivity index (χ0n) is 16.6. The third kappa shape index (κ3) is 6.96. The lowest BCUT2D eigenvalue weighted by molar-refractivity contribution is -0.121. The maximum atomic E-state index is 12.5. The van der Waals surface area contributed by atoms with Gasteiger partial charge in [0, 0.05) is 18.8 Å². The van der Waals surface area contributed by atoms with E-state index in [2.05, 4.69) is 31.2 Å². The maximum absolute atomic E-state index is 12.5. The first-order valence-electron chi connectivity index (χ1n) is 10.5. The van der Waals surface area contributed by atoms with Gasteiger partial charge >= 0.3 is 0 Å². The number of ketones is 1. The summed E-state index contributed by atoms with van der Waals surface area (Å²) in [4.78, 5) is 12.5. The molecule has 3 nitrogen and oxygen atoms in total. The minimum absolute atomic E-state index is 0.0150. The van der Waals surface area contributed by atoms with Gasteiger partial charge in [-0.15, -0.1) is 0 Å². The van der Waals surface area contributed by atoms with E-state index in [0.717, 1.165) is 51.4 Å². The molecule has 0 spiro atoms. The van der Waals surface area contributed by atoms with Crippen molar-refractivity contribution in [3.8, 4) is 6.07 Å². The number of hydrogen-bond acceptors (Lipinski definition) is 3. The molecule has 0 unspecified atom stereocenters. The number of carbonyl (C=O) groups excluding carboxylic acids is 1. The molecule has 1 aromatic carbocycles. The molecule has 1 aromatic rings.